The normalized spacial score (nSPS) is 13.8. The van der Waals surface area contributed by atoms with E-state index in [1.54, 1.807) is 24.3 Å². The van der Waals surface area contributed by atoms with Crippen molar-refractivity contribution in [2.75, 3.05) is 13.2 Å². The van der Waals surface area contributed by atoms with E-state index >= 15 is 0 Å². The summed E-state index contributed by atoms with van der Waals surface area (Å²) in [6, 6.07) is 10.4. The maximum atomic E-state index is 14.2. The first-order valence-electron chi connectivity index (χ1n) is 10.4. The summed E-state index contributed by atoms with van der Waals surface area (Å²) in [6.07, 6.45) is 1.10. The lowest BCUT2D eigenvalue weighted by molar-refractivity contribution is -0.154. The highest BCUT2D eigenvalue weighted by Gasteiger charge is 2.40. The van der Waals surface area contributed by atoms with Gasteiger partial charge in [0.25, 0.3) is 5.91 Å². The van der Waals surface area contributed by atoms with Crippen molar-refractivity contribution in [1.82, 2.24) is 20.7 Å². The van der Waals surface area contributed by atoms with Crippen molar-refractivity contribution in [3.8, 4) is 11.1 Å². The number of carboxylic acid groups (broad SMARTS) is 1. The smallest absolute Gasteiger partial charge is 0.312 e. The minimum absolute atomic E-state index is 0.0175. The predicted octanol–water partition coefficient (Wildman–Crippen LogP) is 2.44. The number of hydrogen-bond donors (Lipinski definition) is 5. The van der Waals surface area contributed by atoms with Crippen molar-refractivity contribution in [2.45, 2.75) is 25.3 Å². The first-order chi connectivity index (χ1) is 16.3. The van der Waals surface area contributed by atoms with Gasteiger partial charge in [0.1, 0.15) is 5.82 Å². The average molecular weight is 491 g/mol. The molecule has 1 amide bonds. The number of nitrogens with zero attached hydrogens (tertiary/aromatic N) is 2. The molecule has 5 N–H and O–H groups in total. The molecule has 2 aromatic carbocycles. The molecule has 0 aliphatic heterocycles. The zero-order valence-corrected chi connectivity index (χ0v) is 18.8. The molecule has 0 bridgehead atoms. The zero-order valence-electron chi connectivity index (χ0n) is 18.0. The Morgan fingerprint density at radius 1 is 1.18 bits per heavy atom. The lowest BCUT2D eigenvalue weighted by atomic mass is 9.78. The SMILES string of the molecule is O=C(NC(Cc1ccc(-c2cc(Cl)ccc2F)cc1)CC(CO)(CCO)C(=O)O)c1cn[nH]n1. The van der Waals surface area contributed by atoms with Gasteiger partial charge in [-0.1, -0.05) is 35.9 Å². The molecular weight excluding hydrogens is 467 g/mol. The Kier molecular flexibility index (Phi) is 8.32. The van der Waals surface area contributed by atoms with Crippen LogP contribution in [0.2, 0.25) is 5.02 Å². The molecule has 2 unspecified atom stereocenters. The molecule has 0 fully saturated rings. The highest BCUT2D eigenvalue weighted by Crippen LogP contribution is 2.30. The van der Waals surface area contributed by atoms with E-state index in [4.69, 9.17) is 11.6 Å². The maximum absolute atomic E-state index is 14.2. The van der Waals surface area contributed by atoms with Crippen molar-refractivity contribution in [3.05, 3.63) is 70.8 Å². The standard InChI is InChI=1S/C23H24ClFN4O5/c24-16-5-6-19(25)18(10-16)15-3-1-14(2-4-15)9-17(27-21(32)20-12-26-29-28-20)11-23(13-31,7-8-30)22(33)34/h1-6,10,12,17,30-31H,7-9,11,13H2,(H,27,32)(H,33,34)(H,26,28,29). The van der Waals surface area contributed by atoms with Crippen LogP contribution in [0.25, 0.3) is 11.1 Å². The molecule has 0 aliphatic rings. The van der Waals surface area contributed by atoms with Gasteiger partial charge in [-0.2, -0.15) is 15.4 Å². The molecule has 2 atom stereocenters. The number of carboxylic acids is 1. The molecule has 0 aliphatic carbocycles. The third kappa shape index (κ3) is 5.96. The Hall–Kier alpha value is -3.34. The largest absolute Gasteiger partial charge is 0.481 e. The number of aliphatic hydroxyl groups is 2. The van der Waals surface area contributed by atoms with E-state index < -0.39 is 42.4 Å². The summed E-state index contributed by atoms with van der Waals surface area (Å²) in [5.74, 6) is -2.28. The summed E-state index contributed by atoms with van der Waals surface area (Å²) in [4.78, 5) is 24.5. The highest BCUT2D eigenvalue weighted by molar-refractivity contribution is 6.30. The van der Waals surface area contributed by atoms with Crippen LogP contribution in [0.15, 0.2) is 48.7 Å². The lowest BCUT2D eigenvalue weighted by Gasteiger charge is -2.31. The topological polar surface area (TPSA) is 148 Å². The van der Waals surface area contributed by atoms with Crippen molar-refractivity contribution in [1.29, 1.82) is 0 Å². The zero-order chi connectivity index (χ0) is 24.7. The summed E-state index contributed by atoms with van der Waals surface area (Å²) in [6.45, 7) is -1.16. The monoisotopic (exact) mass is 490 g/mol. The summed E-state index contributed by atoms with van der Waals surface area (Å²) in [7, 11) is 0. The van der Waals surface area contributed by atoms with E-state index in [-0.39, 0.29) is 25.0 Å². The van der Waals surface area contributed by atoms with E-state index in [1.807, 2.05) is 0 Å². The van der Waals surface area contributed by atoms with Gasteiger partial charge in [0.2, 0.25) is 0 Å². The van der Waals surface area contributed by atoms with Gasteiger partial charge in [-0.25, -0.2) is 4.39 Å². The molecule has 1 aromatic heterocycles. The van der Waals surface area contributed by atoms with Gasteiger partial charge in [0.15, 0.2) is 5.69 Å². The lowest BCUT2D eigenvalue weighted by Crippen LogP contribution is -2.46. The molecule has 3 aromatic rings. The number of H-pyrrole nitrogens is 1. The first kappa shape index (κ1) is 25.3. The number of carbonyl (C=O) groups is 2. The number of nitrogens with one attached hydrogen (secondary N) is 2. The Balaban J connectivity index is 1.86. The molecule has 0 saturated heterocycles. The van der Waals surface area contributed by atoms with Crippen molar-refractivity contribution in [3.63, 3.8) is 0 Å². The second-order valence-electron chi connectivity index (χ2n) is 7.97. The molecule has 9 nitrogen and oxygen atoms in total. The minimum atomic E-state index is -1.65. The van der Waals surface area contributed by atoms with E-state index in [0.717, 1.165) is 5.56 Å². The number of rotatable bonds is 11. The molecule has 0 radical (unpaired) electrons. The fourth-order valence-corrected chi connectivity index (χ4v) is 3.93. The van der Waals surface area contributed by atoms with E-state index in [9.17, 15) is 29.3 Å². The van der Waals surface area contributed by atoms with Crippen LogP contribution < -0.4 is 5.32 Å². The van der Waals surface area contributed by atoms with Gasteiger partial charge in [0, 0.05) is 23.2 Å². The Morgan fingerprint density at radius 3 is 2.50 bits per heavy atom. The number of amides is 1. The quantitative estimate of drug-likeness (QED) is 0.277. The van der Waals surface area contributed by atoms with Crippen molar-refractivity contribution in [2.24, 2.45) is 5.41 Å². The molecular formula is C23H24ClFN4O5. The maximum Gasteiger partial charge on any atom is 0.312 e. The second kappa shape index (κ2) is 11.2. The van der Waals surface area contributed by atoms with Gasteiger partial charge in [-0.05, 0) is 48.6 Å². The summed E-state index contributed by atoms with van der Waals surface area (Å²) >= 11 is 5.98. The minimum Gasteiger partial charge on any atom is -0.481 e. The van der Waals surface area contributed by atoms with Gasteiger partial charge in [-0.3, -0.25) is 9.59 Å². The van der Waals surface area contributed by atoms with E-state index in [1.165, 1.54) is 24.4 Å². The van der Waals surface area contributed by atoms with Crippen LogP contribution in [0.5, 0.6) is 0 Å². The van der Waals surface area contributed by atoms with Crippen LogP contribution in [0.4, 0.5) is 4.39 Å². The van der Waals surface area contributed by atoms with E-state index in [0.29, 0.717) is 16.1 Å². The molecule has 0 spiro atoms. The third-order valence-corrected chi connectivity index (χ3v) is 5.88. The van der Waals surface area contributed by atoms with Crippen molar-refractivity contribution < 1.29 is 29.3 Å². The number of aliphatic carboxylic acids is 1. The Morgan fingerprint density at radius 2 is 1.91 bits per heavy atom. The molecule has 180 valence electrons. The molecule has 0 saturated carbocycles. The van der Waals surface area contributed by atoms with Crippen LogP contribution in [-0.4, -0.2) is 61.9 Å². The third-order valence-electron chi connectivity index (χ3n) is 5.64. The molecule has 34 heavy (non-hydrogen) atoms. The van der Waals surface area contributed by atoms with Crippen LogP contribution in [0.3, 0.4) is 0 Å². The number of halogens is 2. The number of aliphatic hydroxyl groups excluding tert-OH is 2. The number of carbonyl (C=O) groups excluding carboxylic acids is 1. The second-order valence-corrected chi connectivity index (χ2v) is 8.41. The summed E-state index contributed by atoms with van der Waals surface area (Å²) < 4.78 is 14.2. The molecule has 3 rings (SSSR count). The highest BCUT2D eigenvalue weighted by atomic mass is 35.5. The number of benzene rings is 2. The van der Waals surface area contributed by atoms with Crippen LogP contribution in [0, 0.1) is 11.2 Å². The molecule has 1 heterocycles. The van der Waals surface area contributed by atoms with Crippen LogP contribution >= 0.6 is 11.6 Å². The van der Waals surface area contributed by atoms with Crippen molar-refractivity contribution >= 4 is 23.5 Å². The van der Waals surface area contributed by atoms with Crippen LogP contribution in [-0.2, 0) is 11.2 Å². The summed E-state index contributed by atoms with van der Waals surface area (Å²) in [5.41, 5.74) is 0.0349. The Labute approximate surface area is 199 Å². The van der Waals surface area contributed by atoms with E-state index in [2.05, 4.69) is 20.7 Å². The number of hydrogen-bond acceptors (Lipinski definition) is 6. The van der Waals surface area contributed by atoms with Gasteiger partial charge in [0.05, 0.1) is 18.2 Å². The fourth-order valence-electron chi connectivity index (χ4n) is 3.76. The Bertz CT molecular complexity index is 1130. The summed E-state index contributed by atoms with van der Waals surface area (Å²) in [5, 5.41) is 41.7. The fraction of sp³-hybridized carbons (Fsp3) is 0.304. The van der Waals surface area contributed by atoms with Crippen LogP contribution in [0.1, 0.15) is 28.9 Å². The number of aromatic nitrogens is 3. The predicted molar refractivity (Wildman–Crippen MR) is 122 cm³/mol. The van der Waals surface area contributed by atoms with Gasteiger partial charge in [-0.15, -0.1) is 0 Å². The molecule has 11 heteroatoms. The first-order valence-corrected chi connectivity index (χ1v) is 10.8. The number of aromatic amines is 1. The average Bonchev–Trinajstić information content (AvgIpc) is 3.36. The van der Waals surface area contributed by atoms with Gasteiger partial charge >= 0.3 is 5.97 Å². The van der Waals surface area contributed by atoms with Gasteiger partial charge < -0.3 is 20.6 Å².